The lowest BCUT2D eigenvalue weighted by atomic mass is 10.1. The highest BCUT2D eigenvalue weighted by Crippen LogP contribution is 2.14. The van der Waals surface area contributed by atoms with E-state index in [1.807, 2.05) is 12.2 Å². The summed E-state index contributed by atoms with van der Waals surface area (Å²) in [7, 11) is 0. The molecule has 0 spiro atoms. The summed E-state index contributed by atoms with van der Waals surface area (Å²) < 4.78 is 16.8. The lowest BCUT2D eigenvalue weighted by molar-refractivity contribution is -0.166. The largest absolute Gasteiger partial charge is 0.462 e. The van der Waals surface area contributed by atoms with Crippen LogP contribution >= 0.6 is 0 Å². The molecule has 0 fully saturated rings. The van der Waals surface area contributed by atoms with E-state index in [1.165, 1.54) is 57.8 Å². The van der Waals surface area contributed by atoms with Gasteiger partial charge in [-0.2, -0.15) is 0 Å². The first-order valence-electron chi connectivity index (χ1n) is 28.4. The van der Waals surface area contributed by atoms with Crippen molar-refractivity contribution in [3.05, 3.63) is 146 Å². The third-order valence-corrected chi connectivity index (χ3v) is 11.4. The highest BCUT2D eigenvalue weighted by Gasteiger charge is 2.19. The van der Waals surface area contributed by atoms with Gasteiger partial charge in [-0.15, -0.1) is 0 Å². The summed E-state index contributed by atoms with van der Waals surface area (Å²) >= 11 is 0. The van der Waals surface area contributed by atoms with Crippen molar-refractivity contribution in [2.24, 2.45) is 0 Å². The predicted octanol–water partition coefficient (Wildman–Crippen LogP) is 19.2. The zero-order chi connectivity index (χ0) is 51.4. The van der Waals surface area contributed by atoms with E-state index in [9.17, 15) is 14.4 Å². The summed E-state index contributed by atoms with van der Waals surface area (Å²) in [5.74, 6) is -1.04. The first-order valence-corrected chi connectivity index (χ1v) is 28.4. The molecule has 0 aliphatic carbocycles. The normalized spacial score (nSPS) is 13.2. The van der Waals surface area contributed by atoms with E-state index >= 15 is 0 Å². The Morgan fingerprint density at radius 1 is 0.310 bits per heavy atom. The minimum Gasteiger partial charge on any atom is -0.462 e. The number of carbonyl (C=O) groups is 3. The van der Waals surface area contributed by atoms with Crippen LogP contribution in [0.5, 0.6) is 0 Å². The lowest BCUT2D eigenvalue weighted by Gasteiger charge is -2.18. The quantitative estimate of drug-likeness (QED) is 0.0199. The molecule has 0 saturated carbocycles. The van der Waals surface area contributed by atoms with Gasteiger partial charge in [-0.3, -0.25) is 14.4 Å². The van der Waals surface area contributed by atoms with Crippen LogP contribution in [-0.4, -0.2) is 37.2 Å². The molecule has 1 unspecified atom stereocenters. The van der Waals surface area contributed by atoms with Gasteiger partial charge in [-0.1, -0.05) is 244 Å². The molecule has 0 rings (SSSR count). The molecule has 0 radical (unpaired) electrons. The average molecular weight is 980 g/mol. The molecule has 0 aromatic heterocycles. The van der Waals surface area contributed by atoms with E-state index < -0.39 is 6.10 Å². The number of rotatable bonds is 49. The highest BCUT2D eigenvalue weighted by molar-refractivity contribution is 5.71. The van der Waals surface area contributed by atoms with E-state index in [1.54, 1.807) is 0 Å². The number of allylic oxidation sites excluding steroid dienone is 24. The van der Waals surface area contributed by atoms with Crippen molar-refractivity contribution in [1.29, 1.82) is 0 Å². The van der Waals surface area contributed by atoms with Gasteiger partial charge in [0.15, 0.2) is 6.10 Å². The zero-order valence-corrected chi connectivity index (χ0v) is 45.4. The summed E-state index contributed by atoms with van der Waals surface area (Å²) in [6.45, 7) is 6.28. The van der Waals surface area contributed by atoms with Crippen LogP contribution in [0.15, 0.2) is 146 Å². The van der Waals surface area contributed by atoms with Crippen molar-refractivity contribution in [3.8, 4) is 0 Å². The molecular formula is C65H102O6. The van der Waals surface area contributed by atoms with E-state index in [2.05, 4.69) is 154 Å². The van der Waals surface area contributed by atoms with Crippen LogP contribution in [0, 0.1) is 0 Å². The number of esters is 3. The van der Waals surface area contributed by atoms with Gasteiger partial charge < -0.3 is 14.2 Å². The van der Waals surface area contributed by atoms with Crippen LogP contribution < -0.4 is 0 Å². The molecule has 0 amide bonds. The molecule has 0 aliphatic heterocycles. The molecule has 0 N–H and O–H groups in total. The minimum absolute atomic E-state index is 0.119. The molecule has 398 valence electrons. The maximum absolute atomic E-state index is 12.9. The Balaban J connectivity index is 4.56. The molecule has 6 nitrogen and oxygen atoms in total. The standard InChI is InChI=1S/C65H102O6/c1-4-7-10-13-16-19-22-25-28-31-33-35-37-40-43-46-49-52-55-58-64(67)70-61-62(60-69-63(66)57-54-51-48-45-42-39-36-30-27-24-21-18-15-12-9-6-3)71-65(68)59-56-53-50-47-44-41-38-34-32-29-26-23-20-17-14-11-8-5-2/h7,9-10,12,16-21,23,25-30,32,34,38-39,42,48,51,62H,4-6,8,11,13-15,22,24,31,33,35-37,40-41,43-47,49-50,52-61H2,1-3H3/b10-7-,12-9-,19-16-,20-17-,21-18-,26-23-,28-25-,30-27-,32-29-,38-34-,42-39-,51-48-. The lowest BCUT2D eigenvalue weighted by Crippen LogP contribution is -2.30. The van der Waals surface area contributed by atoms with Gasteiger partial charge in [0, 0.05) is 19.3 Å². The van der Waals surface area contributed by atoms with Gasteiger partial charge >= 0.3 is 17.9 Å². The van der Waals surface area contributed by atoms with Crippen molar-refractivity contribution >= 4 is 17.9 Å². The van der Waals surface area contributed by atoms with E-state index in [4.69, 9.17) is 14.2 Å². The topological polar surface area (TPSA) is 78.9 Å². The number of carbonyl (C=O) groups excluding carboxylic acids is 3. The first-order chi connectivity index (χ1) is 35.0. The van der Waals surface area contributed by atoms with E-state index in [-0.39, 0.29) is 44.0 Å². The average Bonchev–Trinajstić information content (AvgIpc) is 3.37. The maximum Gasteiger partial charge on any atom is 0.306 e. The van der Waals surface area contributed by atoms with Crippen LogP contribution in [0.4, 0.5) is 0 Å². The summed E-state index contributed by atoms with van der Waals surface area (Å²) in [6, 6.07) is 0. The second-order valence-electron chi connectivity index (χ2n) is 18.2. The van der Waals surface area contributed by atoms with Crippen LogP contribution in [0.2, 0.25) is 0 Å². The summed E-state index contributed by atoms with van der Waals surface area (Å²) in [4.78, 5) is 38.1. The fourth-order valence-corrected chi connectivity index (χ4v) is 7.22. The third-order valence-electron chi connectivity index (χ3n) is 11.4. The van der Waals surface area contributed by atoms with Crippen LogP contribution in [0.25, 0.3) is 0 Å². The Bertz CT molecular complexity index is 1590. The molecule has 0 saturated heterocycles. The van der Waals surface area contributed by atoms with Crippen molar-refractivity contribution in [3.63, 3.8) is 0 Å². The highest BCUT2D eigenvalue weighted by atomic mass is 16.6. The Morgan fingerprint density at radius 2 is 0.634 bits per heavy atom. The van der Waals surface area contributed by atoms with Gasteiger partial charge in [-0.05, 0) is 109 Å². The molecule has 0 heterocycles. The Morgan fingerprint density at radius 3 is 1.07 bits per heavy atom. The number of unbranched alkanes of at least 4 members (excludes halogenated alkanes) is 17. The van der Waals surface area contributed by atoms with Gasteiger partial charge in [0.1, 0.15) is 13.2 Å². The third kappa shape index (κ3) is 56.1. The van der Waals surface area contributed by atoms with Gasteiger partial charge in [0.25, 0.3) is 0 Å². The summed E-state index contributed by atoms with van der Waals surface area (Å²) in [5.41, 5.74) is 0. The molecule has 6 heteroatoms. The van der Waals surface area contributed by atoms with Crippen LogP contribution in [-0.2, 0) is 28.6 Å². The van der Waals surface area contributed by atoms with Gasteiger partial charge in [0.2, 0.25) is 0 Å². The molecule has 0 aromatic carbocycles. The molecule has 0 aliphatic rings. The SMILES string of the molecule is CC/C=C\C/C=C\C/C=C\C/C=C\C/C=C\CCC(=O)OCC(COC(=O)CCCCCCCCCCC/C=C\C/C=C\C/C=C\CC)OC(=O)CCCCCCC\C=C/C=C\C=C/C=C\CCCCC. The fourth-order valence-electron chi connectivity index (χ4n) is 7.22. The zero-order valence-electron chi connectivity index (χ0n) is 45.4. The van der Waals surface area contributed by atoms with Gasteiger partial charge in [0.05, 0.1) is 0 Å². The van der Waals surface area contributed by atoms with Crippen molar-refractivity contribution in [2.75, 3.05) is 13.2 Å². The van der Waals surface area contributed by atoms with Gasteiger partial charge in [-0.25, -0.2) is 0 Å². The van der Waals surface area contributed by atoms with E-state index in [0.29, 0.717) is 12.8 Å². The Kier molecular flexibility index (Phi) is 54.0. The molecule has 0 bridgehead atoms. The second-order valence-corrected chi connectivity index (χ2v) is 18.2. The van der Waals surface area contributed by atoms with Crippen LogP contribution in [0.1, 0.15) is 226 Å². The smallest absolute Gasteiger partial charge is 0.306 e. The molecular weight excluding hydrogens is 877 g/mol. The van der Waals surface area contributed by atoms with Crippen molar-refractivity contribution in [1.82, 2.24) is 0 Å². The van der Waals surface area contributed by atoms with Crippen molar-refractivity contribution in [2.45, 2.75) is 232 Å². The number of ether oxygens (including phenoxy) is 3. The second kappa shape index (κ2) is 57.9. The Labute approximate surface area is 436 Å². The maximum atomic E-state index is 12.9. The first kappa shape index (κ1) is 66.3. The number of hydrogen-bond acceptors (Lipinski definition) is 6. The molecule has 1 atom stereocenters. The van der Waals surface area contributed by atoms with Crippen LogP contribution in [0.3, 0.4) is 0 Å². The van der Waals surface area contributed by atoms with E-state index in [0.717, 1.165) is 122 Å². The molecule has 71 heavy (non-hydrogen) atoms. The summed E-state index contributed by atoms with van der Waals surface area (Å²) in [6.07, 6.45) is 82.7. The summed E-state index contributed by atoms with van der Waals surface area (Å²) in [5, 5.41) is 0. The predicted molar refractivity (Wildman–Crippen MR) is 306 cm³/mol. The molecule has 0 aromatic rings. The monoisotopic (exact) mass is 979 g/mol. The fraction of sp³-hybridized carbons (Fsp3) is 0.585. The van der Waals surface area contributed by atoms with Crippen molar-refractivity contribution < 1.29 is 28.6 Å². The minimum atomic E-state index is -0.830. The number of hydrogen-bond donors (Lipinski definition) is 0. The Hall–Kier alpha value is -4.71.